The Morgan fingerprint density at radius 1 is 1.05 bits per heavy atom. The van der Waals surface area contributed by atoms with Gasteiger partial charge in [-0.05, 0) is 25.0 Å². The molecule has 0 saturated heterocycles. The van der Waals surface area contributed by atoms with Crippen molar-refractivity contribution >= 4 is 0 Å². The first kappa shape index (κ1) is 15.2. The molecule has 1 aliphatic carbocycles. The minimum Gasteiger partial charge on any atom is -0.340 e. The number of nitrogens with zero attached hydrogens (tertiary/aromatic N) is 3. The largest absolute Gasteiger partial charge is 0.340 e. The van der Waals surface area contributed by atoms with Gasteiger partial charge in [-0.3, -0.25) is 4.98 Å². The van der Waals surface area contributed by atoms with Crippen LogP contribution >= 0.6 is 0 Å². The normalized spacial score (nSPS) is 21.9. The second kappa shape index (κ2) is 7.51. The van der Waals surface area contributed by atoms with Crippen LogP contribution in [-0.4, -0.2) is 26.6 Å². The van der Waals surface area contributed by atoms with Gasteiger partial charge in [-0.15, -0.1) is 0 Å². The smallest absolute Gasteiger partial charge is 0.0947 e. The number of hydrogen-bond donors (Lipinski definition) is 2. The van der Waals surface area contributed by atoms with Crippen molar-refractivity contribution in [3.05, 3.63) is 48.3 Å². The molecule has 1 aliphatic rings. The maximum absolute atomic E-state index is 4.39. The molecule has 2 N–H and O–H groups in total. The average Bonchev–Trinajstić information content (AvgIpc) is 2.98. The minimum absolute atomic E-state index is 0.513. The van der Waals surface area contributed by atoms with Crippen LogP contribution in [0.15, 0.2) is 36.9 Å². The van der Waals surface area contributed by atoms with Crippen molar-refractivity contribution in [1.82, 2.24) is 25.2 Å². The number of hydrogen-bond acceptors (Lipinski definition) is 4. The Morgan fingerprint density at radius 2 is 1.77 bits per heavy atom. The topological polar surface area (TPSA) is 54.8 Å². The predicted octanol–water partition coefficient (Wildman–Crippen LogP) is 2.01. The third-order valence-corrected chi connectivity index (χ3v) is 4.34. The maximum Gasteiger partial charge on any atom is 0.0947 e. The summed E-state index contributed by atoms with van der Waals surface area (Å²) in [7, 11) is 2.01. The summed E-state index contributed by atoms with van der Waals surface area (Å²) in [5.74, 6) is 0. The van der Waals surface area contributed by atoms with Gasteiger partial charge >= 0.3 is 0 Å². The van der Waals surface area contributed by atoms with Crippen LogP contribution in [0.3, 0.4) is 0 Å². The van der Waals surface area contributed by atoms with Crippen molar-refractivity contribution in [2.75, 3.05) is 0 Å². The molecule has 5 heteroatoms. The first-order valence-corrected chi connectivity index (χ1v) is 8.15. The van der Waals surface area contributed by atoms with E-state index >= 15 is 0 Å². The highest BCUT2D eigenvalue weighted by molar-refractivity contribution is 5.04. The van der Waals surface area contributed by atoms with Gasteiger partial charge in [0.15, 0.2) is 0 Å². The fraction of sp³-hybridized carbons (Fsp3) is 0.529. The Morgan fingerprint density at radius 3 is 2.36 bits per heavy atom. The summed E-state index contributed by atoms with van der Waals surface area (Å²) < 4.78 is 1.99. The fourth-order valence-corrected chi connectivity index (χ4v) is 3.15. The van der Waals surface area contributed by atoms with E-state index in [4.69, 9.17) is 0 Å². The molecular formula is C17H25N5. The van der Waals surface area contributed by atoms with Crippen molar-refractivity contribution in [2.45, 2.75) is 50.9 Å². The van der Waals surface area contributed by atoms with Gasteiger partial charge in [0.05, 0.1) is 17.7 Å². The lowest BCUT2D eigenvalue weighted by Gasteiger charge is -2.33. The summed E-state index contributed by atoms with van der Waals surface area (Å²) in [5.41, 5.74) is 2.22. The van der Waals surface area contributed by atoms with Gasteiger partial charge in [-0.1, -0.05) is 18.9 Å². The highest BCUT2D eigenvalue weighted by Gasteiger charge is 2.24. The molecule has 5 nitrogen and oxygen atoms in total. The van der Waals surface area contributed by atoms with Gasteiger partial charge < -0.3 is 15.2 Å². The van der Waals surface area contributed by atoms with Gasteiger partial charge in [0.1, 0.15) is 0 Å². The fourth-order valence-electron chi connectivity index (χ4n) is 3.15. The molecule has 0 spiro atoms. The number of pyridine rings is 1. The van der Waals surface area contributed by atoms with E-state index in [2.05, 4.69) is 32.9 Å². The minimum atomic E-state index is 0.513. The predicted molar refractivity (Wildman–Crippen MR) is 87.2 cm³/mol. The summed E-state index contributed by atoms with van der Waals surface area (Å²) in [4.78, 5) is 8.78. The van der Waals surface area contributed by atoms with E-state index in [-0.39, 0.29) is 0 Å². The average molecular weight is 299 g/mol. The van der Waals surface area contributed by atoms with Gasteiger partial charge in [0.2, 0.25) is 0 Å². The summed E-state index contributed by atoms with van der Waals surface area (Å²) in [6.45, 7) is 1.68. The Balaban J connectivity index is 1.52. The zero-order valence-electron chi connectivity index (χ0n) is 13.2. The molecule has 2 aromatic rings. The Labute approximate surface area is 132 Å². The zero-order valence-corrected chi connectivity index (χ0v) is 13.2. The molecule has 0 bridgehead atoms. The van der Waals surface area contributed by atoms with Crippen LogP contribution in [0.2, 0.25) is 0 Å². The number of nitrogens with one attached hydrogen (secondary N) is 2. The molecule has 1 fully saturated rings. The van der Waals surface area contributed by atoms with E-state index in [9.17, 15) is 0 Å². The zero-order chi connectivity index (χ0) is 15.2. The molecule has 2 aromatic heterocycles. The first-order valence-electron chi connectivity index (χ1n) is 8.15. The number of aryl methyl sites for hydroxylation is 1. The Hall–Kier alpha value is -1.72. The Bertz CT molecular complexity index is 565. The second-order valence-corrected chi connectivity index (χ2v) is 6.11. The summed E-state index contributed by atoms with van der Waals surface area (Å²) >= 11 is 0. The van der Waals surface area contributed by atoms with Crippen molar-refractivity contribution in [3.63, 3.8) is 0 Å². The van der Waals surface area contributed by atoms with Gasteiger partial charge in [0.25, 0.3) is 0 Å². The molecule has 0 amide bonds. The van der Waals surface area contributed by atoms with Gasteiger partial charge in [-0.2, -0.15) is 0 Å². The lowest BCUT2D eigenvalue weighted by atomic mass is 9.90. The van der Waals surface area contributed by atoms with Crippen molar-refractivity contribution in [2.24, 2.45) is 7.05 Å². The van der Waals surface area contributed by atoms with Gasteiger partial charge in [0, 0.05) is 44.6 Å². The SMILES string of the molecule is Cn1cnc(CN[C@@H]2CCCC[C@H]2NCc2ccccn2)c1. The molecule has 0 unspecified atom stereocenters. The van der Waals surface area contributed by atoms with Crippen LogP contribution in [0.5, 0.6) is 0 Å². The second-order valence-electron chi connectivity index (χ2n) is 6.11. The lowest BCUT2D eigenvalue weighted by Crippen LogP contribution is -2.49. The first-order chi connectivity index (χ1) is 10.8. The van der Waals surface area contributed by atoms with E-state index in [1.165, 1.54) is 25.7 Å². The quantitative estimate of drug-likeness (QED) is 0.857. The molecule has 3 rings (SSSR count). The molecule has 0 radical (unpaired) electrons. The summed E-state index contributed by atoms with van der Waals surface area (Å²) in [6, 6.07) is 7.11. The Kier molecular flexibility index (Phi) is 5.19. The molecule has 2 atom stereocenters. The summed E-state index contributed by atoms with van der Waals surface area (Å²) in [5, 5.41) is 7.36. The van der Waals surface area contributed by atoms with Gasteiger partial charge in [-0.25, -0.2) is 4.98 Å². The van der Waals surface area contributed by atoms with Crippen molar-refractivity contribution < 1.29 is 0 Å². The molecule has 0 aromatic carbocycles. The molecule has 1 saturated carbocycles. The third-order valence-electron chi connectivity index (χ3n) is 4.34. The number of aromatic nitrogens is 3. The van der Waals surface area contributed by atoms with E-state index in [1.54, 1.807) is 0 Å². The van der Waals surface area contributed by atoms with E-state index in [1.807, 2.05) is 36.3 Å². The molecule has 2 heterocycles. The van der Waals surface area contributed by atoms with Crippen LogP contribution < -0.4 is 10.6 Å². The maximum atomic E-state index is 4.39. The highest BCUT2D eigenvalue weighted by Crippen LogP contribution is 2.19. The van der Waals surface area contributed by atoms with Crippen LogP contribution in [0, 0.1) is 0 Å². The monoisotopic (exact) mass is 299 g/mol. The van der Waals surface area contributed by atoms with E-state index in [0.29, 0.717) is 12.1 Å². The van der Waals surface area contributed by atoms with Crippen LogP contribution in [-0.2, 0) is 20.1 Å². The molecule has 22 heavy (non-hydrogen) atoms. The molecule has 0 aliphatic heterocycles. The third kappa shape index (κ3) is 4.15. The molecule has 118 valence electrons. The van der Waals surface area contributed by atoms with E-state index < -0.39 is 0 Å². The lowest BCUT2D eigenvalue weighted by molar-refractivity contribution is 0.280. The van der Waals surface area contributed by atoms with E-state index in [0.717, 1.165) is 24.5 Å². The molecular weight excluding hydrogens is 274 g/mol. The van der Waals surface area contributed by atoms with Crippen molar-refractivity contribution in [3.8, 4) is 0 Å². The number of imidazole rings is 1. The van der Waals surface area contributed by atoms with Crippen LogP contribution in [0.25, 0.3) is 0 Å². The van der Waals surface area contributed by atoms with Crippen molar-refractivity contribution in [1.29, 1.82) is 0 Å². The standard InChI is InChI=1S/C17H25N5/c1-22-12-15(21-13-22)11-20-17-8-3-2-7-16(17)19-10-14-6-4-5-9-18-14/h4-6,9,12-13,16-17,19-20H,2-3,7-8,10-11H2,1H3/t16-,17-/m1/s1. The highest BCUT2D eigenvalue weighted by atomic mass is 15.1. The van der Waals surface area contributed by atoms with Crippen LogP contribution in [0.1, 0.15) is 37.1 Å². The number of rotatable bonds is 6. The van der Waals surface area contributed by atoms with Crippen LogP contribution in [0.4, 0.5) is 0 Å². The summed E-state index contributed by atoms with van der Waals surface area (Å²) in [6.07, 6.45) is 10.9.